The Bertz CT molecular complexity index is 1240. The first-order chi connectivity index (χ1) is 17.0. The van der Waals surface area contributed by atoms with Crippen molar-refractivity contribution < 1.29 is 19.1 Å². The van der Waals surface area contributed by atoms with Crippen LogP contribution in [0, 0.1) is 0 Å². The van der Waals surface area contributed by atoms with Crippen LogP contribution in [0.25, 0.3) is 6.08 Å². The van der Waals surface area contributed by atoms with Crippen molar-refractivity contribution in [1.82, 2.24) is 5.43 Å². The summed E-state index contributed by atoms with van der Waals surface area (Å²) >= 11 is 0. The van der Waals surface area contributed by atoms with Gasteiger partial charge in [0, 0.05) is 5.69 Å². The molecule has 0 radical (unpaired) electrons. The second kappa shape index (κ2) is 12.5. The van der Waals surface area contributed by atoms with Gasteiger partial charge in [-0.05, 0) is 61.9 Å². The van der Waals surface area contributed by atoms with Crippen LogP contribution in [0.2, 0.25) is 0 Å². The summed E-state index contributed by atoms with van der Waals surface area (Å²) < 4.78 is 5.39. The normalized spacial score (nSPS) is 11.1. The maximum absolute atomic E-state index is 12.8. The van der Waals surface area contributed by atoms with Crippen molar-refractivity contribution in [2.75, 3.05) is 17.2 Å². The molecular formula is C27H26N4O4. The number of rotatable bonds is 8. The first-order valence-corrected chi connectivity index (χ1v) is 11.0. The zero-order chi connectivity index (χ0) is 25.0. The summed E-state index contributed by atoms with van der Waals surface area (Å²) in [4.78, 5) is 37.4. The molecule has 0 unspecified atom stereocenters. The van der Waals surface area contributed by atoms with Crippen molar-refractivity contribution in [3.05, 3.63) is 96.1 Å². The molecule has 0 aliphatic carbocycles. The molecule has 8 heteroatoms. The highest BCUT2D eigenvalue weighted by Crippen LogP contribution is 2.19. The van der Waals surface area contributed by atoms with E-state index in [9.17, 15) is 14.4 Å². The van der Waals surface area contributed by atoms with Crippen LogP contribution in [0.3, 0.4) is 0 Å². The van der Waals surface area contributed by atoms with Gasteiger partial charge >= 0.3 is 11.8 Å². The van der Waals surface area contributed by atoms with Gasteiger partial charge in [-0.1, -0.05) is 48.5 Å². The highest BCUT2D eigenvalue weighted by Gasteiger charge is 2.18. The molecule has 3 aromatic rings. The monoisotopic (exact) mass is 470 g/mol. The van der Waals surface area contributed by atoms with Crippen molar-refractivity contribution in [2.45, 2.75) is 13.8 Å². The Balaban J connectivity index is 1.60. The molecule has 178 valence electrons. The van der Waals surface area contributed by atoms with Crippen LogP contribution in [0.5, 0.6) is 5.75 Å². The van der Waals surface area contributed by atoms with Crippen molar-refractivity contribution in [3.63, 3.8) is 0 Å². The number of allylic oxidation sites excluding steroid dienone is 1. The van der Waals surface area contributed by atoms with Crippen LogP contribution in [-0.2, 0) is 9.59 Å². The molecule has 0 aliphatic rings. The molecule has 0 fully saturated rings. The van der Waals surface area contributed by atoms with Gasteiger partial charge < -0.3 is 15.4 Å². The maximum atomic E-state index is 12.8. The third-order valence-electron chi connectivity index (χ3n) is 4.70. The van der Waals surface area contributed by atoms with E-state index in [-0.39, 0.29) is 11.3 Å². The molecule has 8 nitrogen and oxygen atoms in total. The van der Waals surface area contributed by atoms with E-state index in [1.165, 1.54) is 6.07 Å². The number of ether oxygens (including phenoxy) is 1. The van der Waals surface area contributed by atoms with Gasteiger partial charge in [0.15, 0.2) is 0 Å². The Kier molecular flexibility index (Phi) is 8.90. The molecule has 35 heavy (non-hydrogen) atoms. The van der Waals surface area contributed by atoms with Crippen LogP contribution >= 0.6 is 0 Å². The van der Waals surface area contributed by atoms with E-state index in [1.54, 1.807) is 55.5 Å². The Morgan fingerprint density at radius 1 is 0.857 bits per heavy atom. The minimum Gasteiger partial charge on any atom is -0.494 e. The van der Waals surface area contributed by atoms with Crippen molar-refractivity contribution >= 4 is 40.9 Å². The summed E-state index contributed by atoms with van der Waals surface area (Å²) in [6.07, 6.45) is 3.55. The summed E-state index contributed by atoms with van der Waals surface area (Å²) in [7, 11) is 0. The lowest BCUT2D eigenvalue weighted by Crippen LogP contribution is -2.33. The molecule has 3 rings (SSSR count). The molecule has 0 bridgehead atoms. The minimum atomic E-state index is -0.959. The third kappa shape index (κ3) is 7.68. The molecule has 0 heterocycles. The van der Waals surface area contributed by atoms with E-state index in [0.717, 1.165) is 5.56 Å². The molecule has 3 N–H and O–H groups in total. The zero-order valence-electron chi connectivity index (χ0n) is 19.4. The number of hydrogen-bond acceptors (Lipinski definition) is 5. The zero-order valence-corrected chi connectivity index (χ0v) is 19.4. The molecule has 0 spiro atoms. The van der Waals surface area contributed by atoms with Gasteiger partial charge in [-0.3, -0.25) is 14.4 Å². The second-order valence-electron chi connectivity index (χ2n) is 7.35. The van der Waals surface area contributed by atoms with Gasteiger partial charge in [-0.15, -0.1) is 0 Å². The van der Waals surface area contributed by atoms with Gasteiger partial charge in [0.05, 0.1) is 23.6 Å². The molecule has 0 aliphatic heterocycles. The smallest absolute Gasteiger partial charge is 0.329 e. The fourth-order valence-electron chi connectivity index (χ4n) is 2.98. The lowest BCUT2D eigenvalue weighted by atomic mass is 10.1. The number of hydrogen-bond donors (Lipinski definition) is 3. The number of carbonyl (C=O) groups is 3. The number of hydrazone groups is 1. The van der Waals surface area contributed by atoms with Gasteiger partial charge in [0.2, 0.25) is 0 Å². The van der Waals surface area contributed by atoms with Crippen molar-refractivity contribution in [1.29, 1.82) is 0 Å². The van der Waals surface area contributed by atoms with E-state index in [1.807, 2.05) is 43.3 Å². The predicted molar refractivity (Wildman–Crippen MR) is 137 cm³/mol. The summed E-state index contributed by atoms with van der Waals surface area (Å²) in [5, 5.41) is 9.14. The van der Waals surface area contributed by atoms with E-state index >= 15 is 0 Å². The number of nitrogens with one attached hydrogen (secondary N) is 3. The average molecular weight is 471 g/mol. The Labute approximate surface area is 203 Å². The number of anilines is 2. The second-order valence-corrected chi connectivity index (χ2v) is 7.35. The van der Waals surface area contributed by atoms with Gasteiger partial charge in [0.25, 0.3) is 5.91 Å². The number of para-hydroxylation sites is 1. The topological polar surface area (TPSA) is 109 Å². The van der Waals surface area contributed by atoms with Crippen molar-refractivity contribution in [2.24, 2.45) is 5.10 Å². The Morgan fingerprint density at radius 2 is 1.54 bits per heavy atom. The van der Waals surface area contributed by atoms with E-state index in [2.05, 4.69) is 21.2 Å². The number of benzene rings is 3. The fraction of sp³-hybridized carbons (Fsp3) is 0.111. The summed E-state index contributed by atoms with van der Waals surface area (Å²) in [5.41, 5.74) is 4.66. The Morgan fingerprint density at radius 3 is 2.26 bits per heavy atom. The van der Waals surface area contributed by atoms with Crippen LogP contribution in [0.4, 0.5) is 11.4 Å². The summed E-state index contributed by atoms with van der Waals surface area (Å²) in [6, 6.07) is 22.9. The largest absolute Gasteiger partial charge is 0.494 e. The molecular weight excluding hydrogens is 444 g/mol. The lowest BCUT2D eigenvalue weighted by molar-refractivity contribution is -0.136. The highest BCUT2D eigenvalue weighted by molar-refractivity contribution is 6.40. The van der Waals surface area contributed by atoms with Crippen LogP contribution in [-0.4, -0.2) is 30.0 Å². The van der Waals surface area contributed by atoms with Crippen molar-refractivity contribution in [3.8, 4) is 5.75 Å². The quantitative estimate of drug-likeness (QED) is 0.256. The number of amides is 3. The minimum absolute atomic E-state index is 0.195. The van der Waals surface area contributed by atoms with E-state index in [4.69, 9.17) is 4.74 Å². The van der Waals surface area contributed by atoms with Crippen LogP contribution in [0.15, 0.2) is 90.0 Å². The lowest BCUT2D eigenvalue weighted by Gasteiger charge is -2.11. The van der Waals surface area contributed by atoms with Gasteiger partial charge in [0.1, 0.15) is 5.75 Å². The average Bonchev–Trinajstić information content (AvgIpc) is 2.88. The third-order valence-corrected chi connectivity index (χ3v) is 4.70. The van der Waals surface area contributed by atoms with Gasteiger partial charge in [-0.2, -0.15) is 5.10 Å². The van der Waals surface area contributed by atoms with Crippen LogP contribution in [0.1, 0.15) is 29.8 Å². The van der Waals surface area contributed by atoms with Gasteiger partial charge in [-0.25, -0.2) is 5.43 Å². The molecule has 0 aromatic heterocycles. The molecule has 3 aromatic carbocycles. The van der Waals surface area contributed by atoms with Crippen LogP contribution < -0.4 is 20.8 Å². The number of nitrogens with zero attached hydrogens (tertiary/aromatic N) is 1. The fourth-order valence-corrected chi connectivity index (χ4v) is 2.98. The predicted octanol–water partition coefficient (Wildman–Crippen LogP) is 4.48. The maximum Gasteiger partial charge on any atom is 0.329 e. The molecule has 0 saturated heterocycles. The SMILES string of the molecule is CCOc1ccc(NC(=O)c2ccccc2NC(=O)C(=O)NN=C(C)C=Cc2ccccc2)cc1. The number of carbonyl (C=O) groups excluding carboxylic acids is 3. The highest BCUT2D eigenvalue weighted by atomic mass is 16.5. The standard InChI is InChI=1S/C27H26N4O4/c1-3-35-22-17-15-21(16-18-22)28-25(32)23-11-7-8-12-24(23)29-26(33)27(34)31-30-19(2)13-14-20-9-5-4-6-10-20/h4-18H,3H2,1-2H3,(H,28,32)(H,29,33)(H,31,34). The first-order valence-electron chi connectivity index (χ1n) is 11.0. The first kappa shape index (κ1) is 24.9. The summed E-state index contributed by atoms with van der Waals surface area (Å²) in [5.74, 6) is -1.66. The van der Waals surface area contributed by atoms with E-state index < -0.39 is 17.7 Å². The Hall–Kier alpha value is -4.72. The molecule has 0 saturated carbocycles. The molecule has 3 amide bonds. The molecule has 0 atom stereocenters. The summed E-state index contributed by atoms with van der Waals surface area (Å²) in [6.45, 7) is 4.12. The van der Waals surface area contributed by atoms with E-state index in [0.29, 0.717) is 23.8 Å².